The summed E-state index contributed by atoms with van der Waals surface area (Å²) in [6.45, 7) is 4.20. The molecular formula is C14H15NS. The van der Waals surface area contributed by atoms with Gasteiger partial charge >= 0.3 is 0 Å². The van der Waals surface area contributed by atoms with Crippen LogP contribution in [0.5, 0.6) is 0 Å². The number of benzene rings is 2. The van der Waals surface area contributed by atoms with E-state index in [1.807, 2.05) is 0 Å². The second-order valence-corrected chi connectivity index (χ2v) is 4.77. The lowest BCUT2D eigenvalue weighted by Gasteiger charge is -2.06. The summed E-state index contributed by atoms with van der Waals surface area (Å²) in [6, 6.07) is 16.9. The Morgan fingerprint density at radius 2 is 1.62 bits per heavy atom. The van der Waals surface area contributed by atoms with Crippen LogP contribution in [0.4, 0.5) is 5.69 Å². The van der Waals surface area contributed by atoms with Crippen molar-refractivity contribution in [2.45, 2.75) is 18.7 Å². The van der Waals surface area contributed by atoms with Gasteiger partial charge in [0.05, 0.1) is 0 Å². The average Bonchev–Trinajstić information content (AvgIpc) is 2.28. The van der Waals surface area contributed by atoms with Gasteiger partial charge in [-0.2, -0.15) is 0 Å². The van der Waals surface area contributed by atoms with Crippen molar-refractivity contribution in [1.29, 1.82) is 0 Å². The molecule has 2 rings (SSSR count). The van der Waals surface area contributed by atoms with Crippen LogP contribution < -0.4 is 4.72 Å². The molecule has 0 radical (unpaired) electrons. The van der Waals surface area contributed by atoms with Crippen LogP contribution in [-0.4, -0.2) is 0 Å². The van der Waals surface area contributed by atoms with E-state index >= 15 is 0 Å². The molecule has 0 aliphatic carbocycles. The Kier molecular flexibility index (Phi) is 3.52. The second-order valence-electron chi connectivity index (χ2n) is 3.89. The summed E-state index contributed by atoms with van der Waals surface area (Å²) in [4.78, 5) is 1.23. The first-order valence-electron chi connectivity index (χ1n) is 5.30. The van der Waals surface area contributed by atoms with Crippen molar-refractivity contribution in [3.05, 3.63) is 59.7 Å². The fourth-order valence-electron chi connectivity index (χ4n) is 1.43. The summed E-state index contributed by atoms with van der Waals surface area (Å²) in [5, 5.41) is 0. The maximum atomic E-state index is 3.34. The third-order valence-corrected chi connectivity index (χ3v) is 3.17. The van der Waals surface area contributed by atoms with Gasteiger partial charge in [-0.05, 0) is 55.6 Å². The maximum Gasteiger partial charge on any atom is 0.0445 e. The predicted octanol–water partition coefficient (Wildman–Crippen LogP) is 4.42. The molecule has 0 aromatic heterocycles. The minimum absolute atomic E-state index is 1.14. The van der Waals surface area contributed by atoms with Crippen molar-refractivity contribution >= 4 is 17.6 Å². The molecule has 1 nitrogen and oxygen atoms in total. The molecule has 0 saturated heterocycles. The molecule has 0 spiro atoms. The molecule has 1 N–H and O–H groups in total. The molecule has 0 fully saturated rings. The second kappa shape index (κ2) is 5.08. The Balaban J connectivity index is 1.99. The van der Waals surface area contributed by atoms with Gasteiger partial charge in [-0.1, -0.05) is 29.8 Å². The summed E-state index contributed by atoms with van der Waals surface area (Å²) in [5.74, 6) is 0. The lowest BCUT2D eigenvalue weighted by Crippen LogP contribution is -1.86. The summed E-state index contributed by atoms with van der Waals surface area (Å²) in [6.07, 6.45) is 0. The Hall–Kier alpha value is -1.41. The number of hydrogen-bond donors (Lipinski definition) is 1. The third-order valence-electron chi connectivity index (χ3n) is 2.33. The Morgan fingerprint density at radius 3 is 2.31 bits per heavy atom. The average molecular weight is 229 g/mol. The standard InChI is InChI=1S/C14H15NS/c1-11-6-8-14(9-7-11)16-15-13-5-3-4-12(2)10-13/h3-10,15H,1-2H3. The number of anilines is 1. The van der Waals surface area contributed by atoms with Gasteiger partial charge in [0.15, 0.2) is 0 Å². The number of hydrogen-bond acceptors (Lipinski definition) is 2. The summed E-state index contributed by atoms with van der Waals surface area (Å²) < 4.78 is 3.34. The zero-order valence-corrected chi connectivity index (χ0v) is 10.3. The van der Waals surface area contributed by atoms with E-state index < -0.39 is 0 Å². The van der Waals surface area contributed by atoms with E-state index in [0.717, 1.165) is 5.69 Å². The highest BCUT2D eigenvalue weighted by molar-refractivity contribution is 8.00. The van der Waals surface area contributed by atoms with Crippen molar-refractivity contribution in [2.75, 3.05) is 4.72 Å². The van der Waals surface area contributed by atoms with Crippen molar-refractivity contribution in [3.63, 3.8) is 0 Å². The highest BCUT2D eigenvalue weighted by Crippen LogP contribution is 2.21. The van der Waals surface area contributed by atoms with Gasteiger partial charge < -0.3 is 4.72 Å². The van der Waals surface area contributed by atoms with E-state index in [0.29, 0.717) is 0 Å². The van der Waals surface area contributed by atoms with E-state index in [1.165, 1.54) is 16.0 Å². The van der Waals surface area contributed by atoms with Gasteiger partial charge in [0.2, 0.25) is 0 Å². The van der Waals surface area contributed by atoms with Gasteiger partial charge in [-0.15, -0.1) is 0 Å². The third kappa shape index (κ3) is 3.04. The van der Waals surface area contributed by atoms with E-state index in [4.69, 9.17) is 0 Å². The molecule has 0 bridgehead atoms. The van der Waals surface area contributed by atoms with Gasteiger partial charge in [-0.3, -0.25) is 0 Å². The predicted molar refractivity (Wildman–Crippen MR) is 71.8 cm³/mol. The van der Waals surface area contributed by atoms with Crippen LogP contribution in [-0.2, 0) is 0 Å². The van der Waals surface area contributed by atoms with Crippen LogP contribution in [0.2, 0.25) is 0 Å². The molecule has 0 aliphatic heterocycles. The Bertz CT molecular complexity index is 462. The molecule has 0 atom stereocenters. The van der Waals surface area contributed by atoms with Crippen LogP contribution in [0.25, 0.3) is 0 Å². The molecule has 2 aromatic rings. The molecule has 0 amide bonds. The lowest BCUT2D eigenvalue weighted by atomic mass is 10.2. The van der Waals surface area contributed by atoms with E-state index in [-0.39, 0.29) is 0 Å². The fraction of sp³-hybridized carbons (Fsp3) is 0.143. The van der Waals surface area contributed by atoms with E-state index in [1.54, 1.807) is 11.9 Å². The van der Waals surface area contributed by atoms with Crippen LogP contribution in [0, 0.1) is 13.8 Å². The fourth-order valence-corrected chi connectivity index (χ4v) is 2.07. The highest BCUT2D eigenvalue weighted by atomic mass is 32.2. The Labute approximate surface area is 101 Å². The zero-order chi connectivity index (χ0) is 11.4. The van der Waals surface area contributed by atoms with Crippen molar-refractivity contribution in [2.24, 2.45) is 0 Å². The van der Waals surface area contributed by atoms with Crippen molar-refractivity contribution in [3.8, 4) is 0 Å². The molecule has 0 saturated carbocycles. The first-order valence-corrected chi connectivity index (χ1v) is 6.12. The minimum atomic E-state index is 1.14. The quantitative estimate of drug-likeness (QED) is 0.782. The SMILES string of the molecule is Cc1ccc(SNc2cccc(C)c2)cc1. The monoisotopic (exact) mass is 229 g/mol. The smallest absolute Gasteiger partial charge is 0.0445 e. The van der Waals surface area contributed by atoms with Gasteiger partial charge in [0.1, 0.15) is 0 Å². The number of aryl methyl sites for hydroxylation is 2. The zero-order valence-electron chi connectivity index (χ0n) is 9.53. The maximum absolute atomic E-state index is 3.34. The molecule has 0 heterocycles. The molecule has 16 heavy (non-hydrogen) atoms. The van der Waals surface area contributed by atoms with Gasteiger partial charge in [-0.25, -0.2) is 0 Å². The van der Waals surface area contributed by atoms with Crippen LogP contribution in [0.1, 0.15) is 11.1 Å². The van der Waals surface area contributed by atoms with Crippen LogP contribution in [0.3, 0.4) is 0 Å². The Morgan fingerprint density at radius 1 is 0.875 bits per heavy atom. The minimum Gasteiger partial charge on any atom is -0.326 e. The number of rotatable bonds is 3. The molecule has 82 valence electrons. The lowest BCUT2D eigenvalue weighted by molar-refractivity contribution is 1.38. The van der Waals surface area contributed by atoms with E-state index in [2.05, 4.69) is 67.1 Å². The first-order chi connectivity index (χ1) is 7.74. The van der Waals surface area contributed by atoms with Gasteiger partial charge in [0, 0.05) is 10.6 Å². The molecule has 0 aliphatic rings. The van der Waals surface area contributed by atoms with Crippen molar-refractivity contribution < 1.29 is 0 Å². The van der Waals surface area contributed by atoms with Crippen LogP contribution in [0.15, 0.2) is 53.4 Å². The normalized spacial score (nSPS) is 10.1. The summed E-state index contributed by atoms with van der Waals surface area (Å²) in [7, 11) is 0. The summed E-state index contributed by atoms with van der Waals surface area (Å²) in [5.41, 5.74) is 3.71. The molecule has 2 aromatic carbocycles. The van der Waals surface area contributed by atoms with Crippen molar-refractivity contribution in [1.82, 2.24) is 0 Å². The largest absolute Gasteiger partial charge is 0.326 e. The molecule has 0 unspecified atom stereocenters. The molecule has 2 heteroatoms. The number of nitrogens with one attached hydrogen (secondary N) is 1. The highest BCUT2D eigenvalue weighted by Gasteiger charge is 1.95. The van der Waals surface area contributed by atoms with E-state index in [9.17, 15) is 0 Å². The van der Waals surface area contributed by atoms with Crippen LogP contribution >= 0.6 is 11.9 Å². The van der Waals surface area contributed by atoms with Gasteiger partial charge in [0.25, 0.3) is 0 Å². The molecular weight excluding hydrogens is 214 g/mol. The topological polar surface area (TPSA) is 12.0 Å². The first kappa shape index (κ1) is 11.1. The summed E-state index contributed by atoms with van der Waals surface area (Å²) >= 11 is 1.64.